The predicted molar refractivity (Wildman–Crippen MR) is 37.9 cm³/mol. The highest BCUT2D eigenvalue weighted by Crippen LogP contribution is 2.51. The number of hydrogen-bond donors (Lipinski definition) is 1. The molecule has 10 heavy (non-hydrogen) atoms. The Balaban J connectivity index is 1.80. The van der Waals surface area contributed by atoms with Crippen molar-refractivity contribution in [3.63, 3.8) is 0 Å². The molecule has 0 aromatic heterocycles. The second-order valence-electron chi connectivity index (χ2n) is 4.11. The Morgan fingerprint density at radius 1 is 1.20 bits per heavy atom. The van der Waals surface area contributed by atoms with E-state index in [4.69, 9.17) is 4.74 Å². The van der Waals surface area contributed by atoms with Crippen molar-refractivity contribution in [1.82, 2.24) is 5.32 Å². The third-order valence-electron chi connectivity index (χ3n) is 3.15. The summed E-state index contributed by atoms with van der Waals surface area (Å²) < 4.78 is 5.47. The minimum atomic E-state index is 0.363. The molecular formula is C8H13NO. The molecule has 2 spiro atoms. The Bertz CT molecular complexity index is 152. The lowest BCUT2D eigenvalue weighted by molar-refractivity contribution is 0.203. The molecule has 2 aliphatic heterocycles. The minimum Gasteiger partial charge on any atom is -0.369 e. The lowest BCUT2D eigenvalue weighted by atomic mass is 9.91. The summed E-state index contributed by atoms with van der Waals surface area (Å²) in [5.74, 6) is 0. The van der Waals surface area contributed by atoms with Gasteiger partial charge in [0.15, 0.2) is 0 Å². The fourth-order valence-electron chi connectivity index (χ4n) is 2.18. The highest BCUT2D eigenvalue weighted by molar-refractivity contribution is 5.13. The smallest absolute Gasteiger partial charge is 0.0946 e. The fourth-order valence-corrected chi connectivity index (χ4v) is 2.18. The van der Waals surface area contributed by atoms with Crippen LogP contribution in [0, 0.1) is 0 Å². The van der Waals surface area contributed by atoms with Gasteiger partial charge in [0.1, 0.15) is 0 Å². The first-order chi connectivity index (χ1) is 4.83. The van der Waals surface area contributed by atoms with E-state index >= 15 is 0 Å². The van der Waals surface area contributed by atoms with Gasteiger partial charge in [0.05, 0.1) is 12.2 Å². The normalized spacial score (nSPS) is 48.0. The largest absolute Gasteiger partial charge is 0.369 e. The van der Waals surface area contributed by atoms with Crippen LogP contribution in [0.25, 0.3) is 0 Å². The molecule has 1 N–H and O–H groups in total. The van der Waals surface area contributed by atoms with Crippen LogP contribution in [0.3, 0.4) is 0 Å². The maximum atomic E-state index is 5.47. The first-order valence-electron chi connectivity index (χ1n) is 4.22. The molecule has 0 aromatic rings. The molecule has 2 saturated heterocycles. The molecule has 3 aliphatic rings. The van der Waals surface area contributed by atoms with Crippen molar-refractivity contribution in [2.45, 2.75) is 36.8 Å². The number of piperidine rings is 1. The van der Waals surface area contributed by atoms with Gasteiger partial charge in [-0.15, -0.1) is 0 Å². The van der Waals surface area contributed by atoms with Crippen LogP contribution in [0.1, 0.15) is 25.7 Å². The van der Waals surface area contributed by atoms with Gasteiger partial charge in [0, 0.05) is 5.54 Å². The third kappa shape index (κ3) is 0.663. The highest BCUT2D eigenvalue weighted by atomic mass is 16.6. The Labute approximate surface area is 60.9 Å². The number of ether oxygens (including phenoxy) is 1. The standard InChI is InChI=1S/C8H13NO/c1-2-7(1)5-8(6-10-8)3-4-9-7/h9H,1-6H2. The summed E-state index contributed by atoms with van der Waals surface area (Å²) in [5, 5.41) is 3.59. The van der Waals surface area contributed by atoms with Gasteiger partial charge in [-0.05, 0) is 32.2 Å². The quantitative estimate of drug-likeness (QED) is 0.499. The van der Waals surface area contributed by atoms with Crippen molar-refractivity contribution in [2.75, 3.05) is 13.2 Å². The summed E-state index contributed by atoms with van der Waals surface area (Å²) in [6.07, 6.45) is 5.31. The van der Waals surface area contributed by atoms with Crippen molar-refractivity contribution in [3.8, 4) is 0 Å². The van der Waals surface area contributed by atoms with E-state index in [2.05, 4.69) is 5.32 Å². The average molecular weight is 139 g/mol. The van der Waals surface area contributed by atoms with Crippen LogP contribution in [0.4, 0.5) is 0 Å². The first kappa shape index (κ1) is 5.56. The molecule has 2 nitrogen and oxygen atoms in total. The third-order valence-corrected chi connectivity index (χ3v) is 3.15. The van der Waals surface area contributed by atoms with E-state index in [9.17, 15) is 0 Å². The zero-order valence-electron chi connectivity index (χ0n) is 6.15. The number of nitrogens with one attached hydrogen (secondary N) is 1. The lowest BCUT2D eigenvalue weighted by Crippen LogP contribution is -2.43. The number of rotatable bonds is 0. The van der Waals surface area contributed by atoms with E-state index in [1.54, 1.807) is 0 Å². The summed E-state index contributed by atoms with van der Waals surface area (Å²) in [6, 6.07) is 0. The van der Waals surface area contributed by atoms with Crippen molar-refractivity contribution in [2.24, 2.45) is 0 Å². The Morgan fingerprint density at radius 3 is 2.60 bits per heavy atom. The second-order valence-corrected chi connectivity index (χ2v) is 4.11. The van der Waals surface area contributed by atoms with Gasteiger partial charge in [0.2, 0.25) is 0 Å². The molecule has 0 bridgehead atoms. The summed E-state index contributed by atoms with van der Waals surface area (Å²) >= 11 is 0. The molecule has 2 heterocycles. The van der Waals surface area contributed by atoms with Crippen molar-refractivity contribution < 1.29 is 4.74 Å². The van der Waals surface area contributed by atoms with Gasteiger partial charge in [-0.3, -0.25) is 0 Å². The molecule has 3 fully saturated rings. The van der Waals surface area contributed by atoms with Crippen molar-refractivity contribution in [1.29, 1.82) is 0 Å². The maximum Gasteiger partial charge on any atom is 0.0946 e. The molecule has 3 rings (SSSR count). The SMILES string of the molecule is C1CC2(CO2)CC2(CC2)N1. The second kappa shape index (κ2) is 1.41. The molecular weight excluding hydrogens is 126 g/mol. The molecule has 56 valence electrons. The van der Waals surface area contributed by atoms with Crippen LogP contribution in [0.2, 0.25) is 0 Å². The van der Waals surface area contributed by atoms with E-state index in [0.29, 0.717) is 11.1 Å². The van der Waals surface area contributed by atoms with Crippen LogP contribution in [-0.2, 0) is 4.74 Å². The minimum absolute atomic E-state index is 0.363. The average Bonchev–Trinajstić information content (AvgIpc) is 2.78. The summed E-state index contributed by atoms with van der Waals surface area (Å²) in [5.41, 5.74) is 0.913. The van der Waals surface area contributed by atoms with Gasteiger partial charge < -0.3 is 10.1 Å². The first-order valence-corrected chi connectivity index (χ1v) is 4.22. The van der Waals surface area contributed by atoms with Gasteiger partial charge in [-0.2, -0.15) is 0 Å². The van der Waals surface area contributed by atoms with E-state index in [0.717, 1.165) is 6.61 Å². The molecule has 1 saturated carbocycles. The van der Waals surface area contributed by atoms with Gasteiger partial charge in [0.25, 0.3) is 0 Å². The maximum absolute atomic E-state index is 5.47. The van der Waals surface area contributed by atoms with E-state index in [1.807, 2.05) is 0 Å². The molecule has 1 atom stereocenters. The van der Waals surface area contributed by atoms with Crippen LogP contribution in [0.5, 0.6) is 0 Å². The molecule has 1 aliphatic carbocycles. The Kier molecular flexibility index (Phi) is 0.783. The highest BCUT2D eigenvalue weighted by Gasteiger charge is 2.57. The monoisotopic (exact) mass is 139 g/mol. The molecule has 1 unspecified atom stereocenters. The zero-order chi connectivity index (χ0) is 6.66. The Hall–Kier alpha value is -0.0800. The summed E-state index contributed by atoms with van der Waals surface area (Å²) in [4.78, 5) is 0. The molecule has 2 heteroatoms. The van der Waals surface area contributed by atoms with Crippen molar-refractivity contribution >= 4 is 0 Å². The van der Waals surface area contributed by atoms with Gasteiger partial charge >= 0.3 is 0 Å². The van der Waals surface area contributed by atoms with Crippen LogP contribution in [0.15, 0.2) is 0 Å². The van der Waals surface area contributed by atoms with Crippen molar-refractivity contribution in [3.05, 3.63) is 0 Å². The Morgan fingerprint density at radius 2 is 2.00 bits per heavy atom. The number of epoxide rings is 1. The van der Waals surface area contributed by atoms with Crippen LogP contribution < -0.4 is 5.32 Å². The topological polar surface area (TPSA) is 24.6 Å². The van der Waals surface area contributed by atoms with Crippen LogP contribution in [-0.4, -0.2) is 24.3 Å². The van der Waals surface area contributed by atoms with Gasteiger partial charge in [-0.1, -0.05) is 0 Å². The molecule has 0 aromatic carbocycles. The molecule has 0 amide bonds. The van der Waals surface area contributed by atoms with Gasteiger partial charge in [-0.25, -0.2) is 0 Å². The zero-order valence-corrected chi connectivity index (χ0v) is 6.15. The van der Waals surface area contributed by atoms with E-state index in [-0.39, 0.29) is 0 Å². The lowest BCUT2D eigenvalue weighted by Gasteiger charge is -2.27. The van der Waals surface area contributed by atoms with E-state index in [1.165, 1.54) is 32.2 Å². The summed E-state index contributed by atoms with van der Waals surface area (Å²) in [7, 11) is 0. The number of hydrogen-bond acceptors (Lipinski definition) is 2. The summed E-state index contributed by atoms with van der Waals surface area (Å²) in [6.45, 7) is 2.22. The predicted octanol–water partition coefficient (Wildman–Crippen LogP) is 0.671. The molecule has 0 radical (unpaired) electrons. The fraction of sp³-hybridized carbons (Fsp3) is 1.00. The van der Waals surface area contributed by atoms with Crippen LogP contribution >= 0.6 is 0 Å². The van der Waals surface area contributed by atoms with E-state index < -0.39 is 0 Å².